The molecule has 1 aromatic heterocycles. The Morgan fingerprint density at radius 3 is 2.56 bits per heavy atom. The zero-order chi connectivity index (χ0) is 11.9. The van der Waals surface area contributed by atoms with E-state index in [1.165, 1.54) is 0 Å². The van der Waals surface area contributed by atoms with E-state index in [4.69, 9.17) is 10.8 Å². The first-order chi connectivity index (χ1) is 7.52. The van der Waals surface area contributed by atoms with Gasteiger partial charge in [0, 0.05) is 6.20 Å². The molecule has 2 rings (SSSR count). The van der Waals surface area contributed by atoms with Gasteiger partial charge in [-0.25, -0.2) is 13.6 Å². The molecule has 0 radical (unpaired) electrons. The highest BCUT2D eigenvalue weighted by molar-refractivity contribution is 6.03. The lowest BCUT2D eigenvalue weighted by molar-refractivity contribution is 0.0698. The van der Waals surface area contributed by atoms with Crippen LogP contribution < -0.4 is 5.73 Å². The molecule has 0 aliphatic carbocycles. The highest BCUT2D eigenvalue weighted by atomic mass is 19.1. The van der Waals surface area contributed by atoms with Crippen molar-refractivity contribution in [2.24, 2.45) is 0 Å². The van der Waals surface area contributed by atoms with Gasteiger partial charge in [-0.05, 0) is 12.1 Å². The summed E-state index contributed by atoms with van der Waals surface area (Å²) in [7, 11) is 0. The average molecular weight is 224 g/mol. The summed E-state index contributed by atoms with van der Waals surface area (Å²) in [6.45, 7) is 0. The summed E-state index contributed by atoms with van der Waals surface area (Å²) in [5, 5.41) is 8.44. The van der Waals surface area contributed by atoms with E-state index in [0.29, 0.717) is 0 Å². The molecule has 0 atom stereocenters. The van der Waals surface area contributed by atoms with Crippen molar-refractivity contribution >= 4 is 22.6 Å². The number of fused-ring (bicyclic) bond motifs is 1. The van der Waals surface area contributed by atoms with Crippen molar-refractivity contribution < 1.29 is 18.7 Å². The first-order valence-corrected chi connectivity index (χ1v) is 4.28. The Morgan fingerprint density at radius 1 is 1.31 bits per heavy atom. The molecule has 2 aromatic rings. The Kier molecular flexibility index (Phi) is 2.19. The van der Waals surface area contributed by atoms with Gasteiger partial charge in [0.25, 0.3) is 0 Å². The first kappa shape index (κ1) is 10.3. The molecule has 82 valence electrons. The van der Waals surface area contributed by atoms with Gasteiger partial charge in [0.2, 0.25) is 0 Å². The summed E-state index contributed by atoms with van der Waals surface area (Å²) in [6.07, 6.45) is 0.905. The number of nitrogens with zero attached hydrogens (tertiary/aromatic N) is 1. The lowest BCUT2D eigenvalue weighted by atomic mass is 10.1. The van der Waals surface area contributed by atoms with Crippen molar-refractivity contribution in [3.8, 4) is 0 Å². The molecule has 0 saturated heterocycles. The van der Waals surface area contributed by atoms with E-state index in [1.54, 1.807) is 0 Å². The molecule has 16 heavy (non-hydrogen) atoms. The van der Waals surface area contributed by atoms with E-state index in [0.717, 1.165) is 18.3 Å². The van der Waals surface area contributed by atoms with Gasteiger partial charge in [-0.15, -0.1) is 0 Å². The second-order valence-electron chi connectivity index (χ2n) is 3.14. The maximum atomic E-state index is 13.4. The molecule has 0 fully saturated rings. The van der Waals surface area contributed by atoms with Crippen LogP contribution in [0, 0.1) is 11.6 Å². The normalized spacial score (nSPS) is 10.6. The molecule has 0 unspecified atom stereocenters. The number of anilines is 1. The molecule has 0 aliphatic heterocycles. The first-order valence-electron chi connectivity index (χ1n) is 4.28. The fourth-order valence-electron chi connectivity index (χ4n) is 1.43. The number of aromatic nitrogens is 1. The van der Waals surface area contributed by atoms with E-state index in [2.05, 4.69) is 4.98 Å². The summed E-state index contributed by atoms with van der Waals surface area (Å²) in [6, 6.07) is 1.78. The van der Waals surface area contributed by atoms with Crippen LogP contribution in [0.15, 0.2) is 18.3 Å². The summed E-state index contributed by atoms with van der Waals surface area (Å²) >= 11 is 0. The second kappa shape index (κ2) is 3.41. The van der Waals surface area contributed by atoms with Crippen LogP contribution in [0.5, 0.6) is 0 Å². The molecule has 0 saturated carbocycles. The third kappa shape index (κ3) is 1.35. The predicted molar refractivity (Wildman–Crippen MR) is 53.0 cm³/mol. The molecule has 4 nitrogen and oxygen atoms in total. The summed E-state index contributed by atoms with van der Waals surface area (Å²) in [4.78, 5) is 14.3. The molecule has 0 amide bonds. The Hall–Kier alpha value is -2.24. The van der Waals surface area contributed by atoms with Gasteiger partial charge in [0.05, 0.1) is 11.1 Å². The zero-order valence-corrected chi connectivity index (χ0v) is 7.87. The molecule has 1 aromatic carbocycles. The smallest absolute Gasteiger partial charge is 0.339 e. The van der Waals surface area contributed by atoms with Gasteiger partial charge in [0.15, 0.2) is 0 Å². The topological polar surface area (TPSA) is 76.2 Å². The van der Waals surface area contributed by atoms with E-state index >= 15 is 0 Å². The Balaban J connectivity index is 2.94. The van der Waals surface area contributed by atoms with Gasteiger partial charge < -0.3 is 10.8 Å². The maximum Gasteiger partial charge on any atom is 0.339 e. The van der Waals surface area contributed by atoms with Crippen molar-refractivity contribution in [2.45, 2.75) is 0 Å². The highest BCUT2D eigenvalue weighted by Crippen LogP contribution is 2.27. The van der Waals surface area contributed by atoms with E-state index < -0.39 is 17.6 Å². The van der Waals surface area contributed by atoms with Crippen molar-refractivity contribution in [3.63, 3.8) is 0 Å². The van der Waals surface area contributed by atoms with Gasteiger partial charge in [0.1, 0.15) is 22.7 Å². The fraction of sp³-hybridized carbons (Fsp3) is 0. The predicted octanol–water partition coefficient (Wildman–Crippen LogP) is 1.79. The van der Waals surface area contributed by atoms with E-state index in [-0.39, 0.29) is 22.2 Å². The number of nitrogens with two attached hydrogens (primary N) is 1. The minimum atomic E-state index is -1.34. The number of aromatic carboxylic acids is 1. The van der Waals surface area contributed by atoms with Crippen LogP contribution in [-0.2, 0) is 0 Å². The Labute approximate surface area is 88.3 Å². The number of carboxylic acid groups (broad SMARTS) is 1. The SMILES string of the molecule is Nc1c(C(=O)O)cnc2c(F)ccc(F)c12. The molecule has 3 N–H and O–H groups in total. The average Bonchev–Trinajstić information content (AvgIpc) is 2.23. The highest BCUT2D eigenvalue weighted by Gasteiger charge is 2.16. The zero-order valence-electron chi connectivity index (χ0n) is 7.87. The lowest BCUT2D eigenvalue weighted by Crippen LogP contribution is -2.05. The van der Waals surface area contributed by atoms with E-state index in [9.17, 15) is 13.6 Å². The number of halogens is 2. The third-order valence-electron chi connectivity index (χ3n) is 2.19. The van der Waals surface area contributed by atoms with E-state index in [1.807, 2.05) is 0 Å². The molecular formula is C10H6F2N2O2. The quantitative estimate of drug-likeness (QED) is 0.774. The minimum absolute atomic E-state index is 0.275. The number of carboxylic acids is 1. The van der Waals surface area contributed by atoms with Crippen LogP contribution in [0.2, 0.25) is 0 Å². The minimum Gasteiger partial charge on any atom is -0.478 e. The van der Waals surface area contributed by atoms with Gasteiger partial charge in [-0.1, -0.05) is 0 Å². The number of pyridine rings is 1. The van der Waals surface area contributed by atoms with Crippen LogP contribution in [0.4, 0.5) is 14.5 Å². The number of hydrogen-bond acceptors (Lipinski definition) is 3. The van der Waals surface area contributed by atoms with Crippen molar-refractivity contribution in [1.29, 1.82) is 0 Å². The largest absolute Gasteiger partial charge is 0.478 e. The van der Waals surface area contributed by atoms with Crippen molar-refractivity contribution in [2.75, 3.05) is 5.73 Å². The third-order valence-corrected chi connectivity index (χ3v) is 2.19. The van der Waals surface area contributed by atoms with Crippen molar-refractivity contribution in [3.05, 3.63) is 35.5 Å². The molecule has 6 heteroatoms. The van der Waals surface area contributed by atoms with Crippen LogP contribution in [0.1, 0.15) is 10.4 Å². The Bertz CT molecular complexity index is 599. The second-order valence-corrected chi connectivity index (χ2v) is 3.14. The number of rotatable bonds is 1. The fourth-order valence-corrected chi connectivity index (χ4v) is 1.43. The monoisotopic (exact) mass is 224 g/mol. The summed E-state index contributed by atoms with van der Waals surface area (Å²) in [5.74, 6) is -2.89. The molecular weight excluding hydrogens is 218 g/mol. The number of nitrogen functional groups attached to an aromatic ring is 1. The Morgan fingerprint density at radius 2 is 1.94 bits per heavy atom. The van der Waals surface area contributed by atoms with Crippen LogP contribution in [-0.4, -0.2) is 16.1 Å². The maximum absolute atomic E-state index is 13.4. The van der Waals surface area contributed by atoms with Crippen molar-refractivity contribution in [1.82, 2.24) is 4.98 Å². The summed E-state index contributed by atoms with van der Waals surface area (Å²) < 4.78 is 26.6. The molecule has 1 heterocycles. The molecule has 0 spiro atoms. The standard InChI is InChI=1S/C10H6F2N2O2/c11-5-1-2-6(12)9-7(5)8(13)4(3-14-9)10(15)16/h1-3H,(H2,13,14)(H,15,16). The van der Waals surface area contributed by atoms with Gasteiger partial charge >= 0.3 is 5.97 Å². The number of carbonyl (C=O) groups is 1. The number of hydrogen-bond donors (Lipinski definition) is 2. The molecule has 0 aliphatic rings. The number of benzene rings is 1. The summed E-state index contributed by atoms with van der Waals surface area (Å²) in [5.41, 5.74) is 4.51. The van der Waals surface area contributed by atoms with Gasteiger partial charge in [-0.3, -0.25) is 4.98 Å². The molecule has 0 bridgehead atoms. The lowest BCUT2D eigenvalue weighted by Gasteiger charge is -2.06. The van der Waals surface area contributed by atoms with Crippen LogP contribution >= 0.6 is 0 Å². The van der Waals surface area contributed by atoms with Crippen LogP contribution in [0.25, 0.3) is 10.9 Å². The van der Waals surface area contributed by atoms with Gasteiger partial charge in [-0.2, -0.15) is 0 Å². The van der Waals surface area contributed by atoms with Crippen LogP contribution in [0.3, 0.4) is 0 Å².